The Morgan fingerprint density at radius 1 is 1.00 bits per heavy atom. The molecule has 0 aliphatic rings. The molecular formula is C20H16FN3. The van der Waals surface area contributed by atoms with Gasteiger partial charge in [-0.15, -0.1) is 0 Å². The lowest BCUT2D eigenvalue weighted by Crippen LogP contribution is -2.01. The zero-order chi connectivity index (χ0) is 17.3. The van der Waals surface area contributed by atoms with Gasteiger partial charge in [-0.05, 0) is 31.5 Å². The van der Waals surface area contributed by atoms with E-state index in [1.165, 1.54) is 6.07 Å². The van der Waals surface area contributed by atoms with Gasteiger partial charge in [0.25, 0.3) is 0 Å². The molecule has 4 heteroatoms. The maximum Gasteiger partial charge on any atom is 0.142 e. The van der Waals surface area contributed by atoms with Crippen molar-refractivity contribution < 1.29 is 4.39 Å². The summed E-state index contributed by atoms with van der Waals surface area (Å²) in [6.45, 7) is 4.00. The number of benzene rings is 2. The van der Waals surface area contributed by atoms with E-state index in [9.17, 15) is 9.65 Å². The Kier molecular flexibility index (Phi) is 4.01. The molecule has 0 bridgehead atoms. The van der Waals surface area contributed by atoms with Crippen molar-refractivity contribution in [1.82, 2.24) is 4.98 Å². The van der Waals surface area contributed by atoms with Gasteiger partial charge in [0.2, 0.25) is 0 Å². The SMILES string of the molecule is Cc1ccc(-c2cc(-c3ccccc3F)c(C#N)c(N)n2)c(C)c1. The summed E-state index contributed by atoms with van der Waals surface area (Å²) in [5, 5.41) is 9.41. The van der Waals surface area contributed by atoms with Crippen LogP contribution in [0.4, 0.5) is 10.2 Å². The van der Waals surface area contributed by atoms with E-state index in [-0.39, 0.29) is 11.4 Å². The number of hydrogen-bond donors (Lipinski definition) is 1. The molecule has 0 spiro atoms. The first-order valence-electron chi connectivity index (χ1n) is 7.54. The first-order valence-corrected chi connectivity index (χ1v) is 7.54. The highest BCUT2D eigenvalue weighted by Crippen LogP contribution is 2.33. The van der Waals surface area contributed by atoms with Gasteiger partial charge in [0.05, 0.1) is 5.69 Å². The highest BCUT2D eigenvalue weighted by molar-refractivity contribution is 5.81. The standard InChI is InChI=1S/C20H16FN3/c1-12-7-8-14(13(2)9-12)19-10-16(17(11-22)20(23)24-19)15-5-3-4-6-18(15)21/h3-10H,1-2H3,(H2,23,24). The van der Waals surface area contributed by atoms with E-state index in [1.807, 2.05) is 38.1 Å². The van der Waals surface area contributed by atoms with Gasteiger partial charge in [0.1, 0.15) is 23.3 Å². The van der Waals surface area contributed by atoms with Gasteiger partial charge >= 0.3 is 0 Å². The second-order valence-corrected chi connectivity index (χ2v) is 5.73. The molecular weight excluding hydrogens is 301 g/mol. The average molecular weight is 317 g/mol. The number of hydrogen-bond acceptors (Lipinski definition) is 3. The third kappa shape index (κ3) is 2.72. The normalized spacial score (nSPS) is 10.4. The molecule has 3 nitrogen and oxygen atoms in total. The van der Waals surface area contributed by atoms with Crippen molar-refractivity contribution in [2.24, 2.45) is 0 Å². The lowest BCUT2D eigenvalue weighted by Gasteiger charge is -2.12. The number of nitrogens with zero attached hydrogens (tertiary/aromatic N) is 2. The molecule has 3 aromatic rings. The van der Waals surface area contributed by atoms with Crippen LogP contribution in [0.1, 0.15) is 16.7 Å². The van der Waals surface area contributed by atoms with Crippen molar-refractivity contribution in [3.63, 3.8) is 0 Å². The van der Waals surface area contributed by atoms with E-state index in [0.717, 1.165) is 16.7 Å². The molecule has 1 aromatic heterocycles. The molecule has 0 atom stereocenters. The largest absolute Gasteiger partial charge is 0.383 e. The summed E-state index contributed by atoms with van der Waals surface area (Å²) >= 11 is 0. The molecule has 2 N–H and O–H groups in total. The van der Waals surface area contributed by atoms with Crippen LogP contribution in [0.5, 0.6) is 0 Å². The van der Waals surface area contributed by atoms with Crippen LogP contribution in [0, 0.1) is 31.0 Å². The predicted molar refractivity (Wildman–Crippen MR) is 93.7 cm³/mol. The lowest BCUT2D eigenvalue weighted by molar-refractivity contribution is 0.631. The number of halogens is 1. The Balaban J connectivity index is 2.29. The van der Waals surface area contributed by atoms with Crippen LogP contribution in [-0.2, 0) is 0 Å². The van der Waals surface area contributed by atoms with Crippen LogP contribution < -0.4 is 5.73 Å². The highest BCUT2D eigenvalue weighted by atomic mass is 19.1. The minimum atomic E-state index is -0.397. The summed E-state index contributed by atoms with van der Waals surface area (Å²) in [6.07, 6.45) is 0. The maximum absolute atomic E-state index is 14.2. The number of anilines is 1. The van der Waals surface area contributed by atoms with Crippen LogP contribution in [0.2, 0.25) is 0 Å². The van der Waals surface area contributed by atoms with Crippen LogP contribution in [0.15, 0.2) is 48.5 Å². The molecule has 118 valence electrons. The molecule has 0 aliphatic carbocycles. The Morgan fingerprint density at radius 2 is 1.75 bits per heavy atom. The van der Waals surface area contributed by atoms with E-state index in [0.29, 0.717) is 16.8 Å². The van der Waals surface area contributed by atoms with Crippen molar-refractivity contribution in [3.05, 3.63) is 71.0 Å². The minimum Gasteiger partial charge on any atom is -0.383 e. The molecule has 0 unspecified atom stereocenters. The molecule has 3 rings (SSSR count). The Labute approximate surface area is 140 Å². The van der Waals surface area contributed by atoms with Crippen molar-refractivity contribution in [3.8, 4) is 28.5 Å². The third-order valence-electron chi connectivity index (χ3n) is 3.98. The number of nitrogen functional groups attached to an aromatic ring is 1. The maximum atomic E-state index is 14.2. The molecule has 1 heterocycles. The van der Waals surface area contributed by atoms with Crippen LogP contribution in [0.3, 0.4) is 0 Å². The Bertz CT molecular complexity index is 971. The number of nitriles is 1. The zero-order valence-electron chi connectivity index (χ0n) is 13.5. The van der Waals surface area contributed by atoms with Gasteiger partial charge in [0.15, 0.2) is 0 Å². The van der Waals surface area contributed by atoms with Gasteiger partial charge < -0.3 is 5.73 Å². The van der Waals surface area contributed by atoms with E-state index in [2.05, 4.69) is 4.98 Å². The third-order valence-corrected chi connectivity index (χ3v) is 3.98. The topological polar surface area (TPSA) is 62.7 Å². The molecule has 0 radical (unpaired) electrons. The molecule has 2 aromatic carbocycles. The lowest BCUT2D eigenvalue weighted by atomic mass is 9.96. The first kappa shape index (κ1) is 15.7. The van der Waals surface area contributed by atoms with E-state index in [4.69, 9.17) is 5.73 Å². The summed E-state index contributed by atoms with van der Waals surface area (Å²) in [5.74, 6) is -0.292. The molecule has 0 amide bonds. The summed E-state index contributed by atoms with van der Waals surface area (Å²) < 4.78 is 14.2. The van der Waals surface area contributed by atoms with E-state index < -0.39 is 5.82 Å². The van der Waals surface area contributed by atoms with Crippen molar-refractivity contribution in [1.29, 1.82) is 5.26 Å². The number of aromatic nitrogens is 1. The quantitative estimate of drug-likeness (QED) is 0.750. The van der Waals surface area contributed by atoms with Gasteiger partial charge in [0, 0.05) is 16.7 Å². The summed E-state index contributed by atoms with van der Waals surface area (Å²) in [4.78, 5) is 4.35. The van der Waals surface area contributed by atoms with Gasteiger partial charge in [-0.1, -0.05) is 42.0 Å². The Morgan fingerprint density at radius 3 is 2.42 bits per heavy atom. The Hall–Kier alpha value is -3.19. The first-order chi connectivity index (χ1) is 11.5. The summed E-state index contributed by atoms with van der Waals surface area (Å²) in [6, 6.07) is 16.1. The van der Waals surface area contributed by atoms with Crippen LogP contribution in [-0.4, -0.2) is 4.98 Å². The zero-order valence-corrected chi connectivity index (χ0v) is 13.5. The number of nitrogens with two attached hydrogens (primary N) is 1. The fourth-order valence-electron chi connectivity index (χ4n) is 2.81. The molecule has 0 fully saturated rings. The van der Waals surface area contributed by atoms with Crippen LogP contribution in [0.25, 0.3) is 22.4 Å². The summed E-state index contributed by atoms with van der Waals surface area (Å²) in [7, 11) is 0. The predicted octanol–water partition coefficient (Wildman–Crippen LogP) is 4.63. The monoisotopic (exact) mass is 317 g/mol. The van der Waals surface area contributed by atoms with Crippen molar-refractivity contribution in [2.75, 3.05) is 5.73 Å². The van der Waals surface area contributed by atoms with Crippen LogP contribution >= 0.6 is 0 Å². The van der Waals surface area contributed by atoms with E-state index >= 15 is 0 Å². The smallest absolute Gasteiger partial charge is 0.142 e. The second-order valence-electron chi connectivity index (χ2n) is 5.73. The second kappa shape index (κ2) is 6.13. The molecule has 0 aliphatic heterocycles. The molecule has 0 saturated carbocycles. The number of rotatable bonds is 2. The fraction of sp³-hybridized carbons (Fsp3) is 0.100. The highest BCUT2D eigenvalue weighted by Gasteiger charge is 2.16. The molecule has 24 heavy (non-hydrogen) atoms. The van der Waals surface area contributed by atoms with Gasteiger partial charge in [-0.3, -0.25) is 0 Å². The summed E-state index contributed by atoms with van der Waals surface area (Å²) in [5.41, 5.74) is 10.7. The number of aryl methyl sites for hydroxylation is 2. The average Bonchev–Trinajstić information content (AvgIpc) is 2.54. The molecule has 0 saturated heterocycles. The van der Waals surface area contributed by atoms with Gasteiger partial charge in [-0.25, -0.2) is 9.37 Å². The van der Waals surface area contributed by atoms with Gasteiger partial charge in [-0.2, -0.15) is 5.26 Å². The van der Waals surface area contributed by atoms with Crippen molar-refractivity contribution >= 4 is 5.82 Å². The number of pyridine rings is 1. The van der Waals surface area contributed by atoms with E-state index in [1.54, 1.807) is 24.3 Å². The fourth-order valence-corrected chi connectivity index (χ4v) is 2.81. The van der Waals surface area contributed by atoms with Crippen molar-refractivity contribution in [2.45, 2.75) is 13.8 Å². The minimum absolute atomic E-state index is 0.105.